The van der Waals surface area contributed by atoms with E-state index in [0.717, 1.165) is 31.0 Å². The fourth-order valence-corrected chi connectivity index (χ4v) is 2.58. The van der Waals surface area contributed by atoms with E-state index in [0.29, 0.717) is 5.82 Å². The van der Waals surface area contributed by atoms with Gasteiger partial charge in [-0.1, -0.05) is 12.1 Å². The number of amides is 2. The van der Waals surface area contributed by atoms with Crippen LogP contribution in [-0.2, 0) is 0 Å². The van der Waals surface area contributed by atoms with Gasteiger partial charge < -0.3 is 10.2 Å². The Kier molecular flexibility index (Phi) is 4.18. The first kappa shape index (κ1) is 14.3. The van der Waals surface area contributed by atoms with Gasteiger partial charge in [-0.3, -0.25) is 5.32 Å². The maximum atomic E-state index is 12.0. The van der Waals surface area contributed by atoms with Crippen molar-refractivity contribution in [2.45, 2.75) is 19.4 Å². The molecular weight excluding hydrogens is 278 g/mol. The molecule has 2 aromatic rings. The molecule has 1 saturated heterocycles. The van der Waals surface area contributed by atoms with Gasteiger partial charge in [0.05, 0.1) is 0 Å². The van der Waals surface area contributed by atoms with Crippen molar-refractivity contribution in [2.75, 3.05) is 23.3 Å². The van der Waals surface area contributed by atoms with Gasteiger partial charge in [-0.05, 0) is 37.6 Å². The molecule has 0 aromatic carbocycles. The Morgan fingerprint density at radius 1 is 1.27 bits per heavy atom. The number of aromatic nitrogens is 2. The van der Waals surface area contributed by atoms with Gasteiger partial charge in [0.1, 0.15) is 11.6 Å². The van der Waals surface area contributed by atoms with E-state index in [4.69, 9.17) is 0 Å². The first-order valence-corrected chi connectivity index (χ1v) is 7.38. The highest BCUT2D eigenvalue weighted by Crippen LogP contribution is 2.17. The lowest BCUT2D eigenvalue weighted by atomic mass is 10.3. The van der Waals surface area contributed by atoms with Crippen LogP contribution in [0.3, 0.4) is 0 Å². The summed E-state index contributed by atoms with van der Waals surface area (Å²) in [6, 6.07) is 11.3. The lowest BCUT2D eigenvalue weighted by Crippen LogP contribution is -2.40. The highest BCUT2D eigenvalue weighted by Gasteiger charge is 2.24. The molecule has 114 valence electrons. The average molecular weight is 297 g/mol. The zero-order valence-electron chi connectivity index (χ0n) is 12.5. The van der Waals surface area contributed by atoms with Crippen LogP contribution < -0.4 is 15.5 Å². The molecule has 0 bridgehead atoms. The Balaban J connectivity index is 1.53. The predicted octanol–water partition coefficient (Wildman–Crippen LogP) is 2.19. The summed E-state index contributed by atoms with van der Waals surface area (Å²) in [6.07, 6.45) is 2.69. The normalized spacial score (nSPS) is 17.3. The molecule has 6 heteroatoms. The Hall–Kier alpha value is -2.63. The molecule has 2 amide bonds. The zero-order valence-corrected chi connectivity index (χ0v) is 12.5. The third-order valence-corrected chi connectivity index (χ3v) is 3.63. The summed E-state index contributed by atoms with van der Waals surface area (Å²) >= 11 is 0. The molecule has 3 heterocycles. The quantitative estimate of drug-likeness (QED) is 0.911. The van der Waals surface area contributed by atoms with Gasteiger partial charge in [0.15, 0.2) is 0 Å². The van der Waals surface area contributed by atoms with Gasteiger partial charge in [-0.15, -0.1) is 0 Å². The average Bonchev–Trinajstić information content (AvgIpc) is 2.96. The van der Waals surface area contributed by atoms with Crippen LogP contribution >= 0.6 is 0 Å². The molecule has 0 aliphatic carbocycles. The van der Waals surface area contributed by atoms with E-state index in [-0.39, 0.29) is 12.1 Å². The highest BCUT2D eigenvalue weighted by molar-refractivity contribution is 5.88. The molecule has 1 atom stereocenters. The molecule has 2 N–H and O–H groups in total. The van der Waals surface area contributed by atoms with E-state index in [1.807, 2.05) is 37.3 Å². The van der Waals surface area contributed by atoms with Crippen molar-refractivity contribution in [2.24, 2.45) is 0 Å². The van der Waals surface area contributed by atoms with Crippen molar-refractivity contribution < 1.29 is 4.79 Å². The van der Waals surface area contributed by atoms with E-state index in [1.54, 1.807) is 12.3 Å². The number of nitrogens with one attached hydrogen (secondary N) is 2. The minimum absolute atomic E-state index is 0.117. The number of hydrogen-bond acceptors (Lipinski definition) is 4. The van der Waals surface area contributed by atoms with Gasteiger partial charge in [0.2, 0.25) is 0 Å². The summed E-state index contributed by atoms with van der Waals surface area (Å²) < 4.78 is 0. The SMILES string of the molecule is Cc1cccc(NC(=O)N[C@@H]2CCN(c3ccccn3)C2)n1. The smallest absolute Gasteiger partial charge is 0.320 e. The molecule has 1 fully saturated rings. The van der Waals surface area contributed by atoms with Gasteiger partial charge in [-0.25, -0.2) is 14.8 Å². The van der Waals surface area contributed by atoms with Crippen molar-refractivity contribution in [3.63, 3.8) is 0 Å². The van der Waals surface area contributed by atoms with Crippen LogP contribution in [0.15, 0.2) is 42.6 Å². The zero-order chi connectivity index (χ0) is 15.4. The monoisotopic (exact) mass is 297 g/mol. The fourth-order valence-electron chi connectivity index (χ4n) is 2.58. The molecule has 1 aliphatic heterocycles. The van der Waals surface area contributed by atoms with E-state index in [9.17, 15) is 4.79 Å². The largest absolute Gasteiger partial charge is 0.354 e. The van der Waals surface area contributed by atoms with Crippen LogP contribution in [-0.4, -0.2) is 35.1 Å². The molecule has 22 heavy (non-hydrogen) atoms. The second-order valence-electron chi connectivity index (χ2n) is 5.38. The first-order valence-electron chi connectivity index (χ1n) is 7.38. The third-order valence-electron chi connectivity index (χ3n) is 3.63. The van der Waals surface area contributed by atoms with Gasteiger partial charge in [0, 0.05) is 31.0 Å². The van der Waals surface area contributed by atoms with Crippen LogP contribution in [0, 0.1) is 6.92 Å². The molecule has 0 radical (unpaired) electrons. The van der Waals surface area contributed by atoms with Crippen LogP contribution in [0.25, 0.3) is 0 Å². The Bertz CT molecular complexity index is 646. The number of carbonyl (C=O) groups is 1. The summed E-state index contributed by atoms with van der Waals surface area (Å²) in [4.78, 5) is 22.8. The Morgan fingerprint density at radius 3 is 2.95 bits per heavy atom. The minimum Gasteiger partial charge on any atom is -0.354 e. The Morgan fingerprint density at radius 2 is 2.18 bits per heavy atom. The number of aryl methyl sites for hydroxylation is 1. The summed E-state index contributed by atoms with van der Waals surface area (Å²) in [7, 11) is 0. The van der Waals surface area contributed by atoms with Gasteiger partial charge in [-0.2, -0.15) is 0 Å². The lowest BCUT2D eigenvalue weighted by Gasteiger charge is -2.17. The number of carbonyl (C=O) groups excluding carboxylic acids is 1. The van der Waals surface area contributed by atoms with Gasteiger partial charge >= 0.3 is 6.03 Å². The summed E-state index contributed by atoms with van der Waals surface area (Å²) in [5.74, 6) is 1.52. The van der Waals surface area contributed by atoms with Gasteiger partial charge in [0.25, 0.3) is 0 Å². The molecular formula is C16H19N5O. The van der Waals surface area contributed by atoms with E-state index in [1.165, 1.54) is 0 Å². The second-order valence-corrected chi connectivity index (χ2v) is 5.38. The van der Waals surface area contributed by atoms with Crippen LogP contribution in [0.4, 0.5) is 16.4 Å². The first-order chi connectivity index (χ1) is 10.7. The highest BCUT2D eigenvalue weighted by atomic mass is 16.2. The maximum Gasteiger partial charge on any atom is 0.320 e. The molecule has 1 aliphatic rings. The fraction of sp³-hybridized carbons (Fsp3) is 0.312. The number of anilines is 2. The number of nitrogens with zero attached hydrogens (tertiary/aromatic N) is 3. The number of urea groups is 1. The van der Waals surface area contributed by atoms with Crippen molar-refractivity contribution in [1.29, 1.82) is 0 Å². The van der Waals surface area contributed by atoms with E-state index < -0.39 is 0 Å². The van der Waals surface area contributed by atoms with Crippen LogP contribution in [0.5, 0.6) is 0 Å². The molecule has 0 saturated carbocycles. The third kappa shape index (κ3) is 3.52. The predicted molar refractivity (Wildman–Crippen MR) is 86.0 cm³/mol. The Labute approximate surface area is 129 Å². The lowest BCUT2D eigenvalue weighted by molar-refractivity contribution is 0.249. The summed E-state index contributed by atoms with van der Waals surface area (Å²) in [5.41, 5.74) is 0.875. The number of hydrogen-bond donors (Lipinski definition) is 2. The van der Waals surface area contributed by atoms with Crippen molar-refractivity contribution >= 4 is 17.7 Å². The standard InChI is InChI=1S/C16H19N5O/c1-12-5-4-6-14(18-12)20-16(22)19-13-8-10-21(11-13)15-7-2-3-9-17-15/h2-7,9,13H,8,10-11H2,1H3,(H2,18,19,20,22)/t13-/m1/s1. The van der Waals surface area contributed by atoms with Crippen LogP contribution in [0.1, 0.15) is 12.1 Å². The molecule has 3 rings (SSSR count). The maximum absolute atomic E-state index is 12.0. The van der Waals surface area contributed by atoms with Crippen molar-refractivity contribution in [3.8, 4) is 0 Å². The van der Waals surface area contributed by atoms with Crippen molar-refractivity contribution in [3.05, 3.63) is 48.3 Å². The van der Waals surface area contributed by atoms with E-state index in [2.05, 4.69) is 25.5 Å². The molecule has 0 unspecified atom stereocenters. The summed E-state index contributed by atoms with van der Waals surface area (Å²) in [5, 5.41) is 5.76. The molecule has 2 aromatic heterocycles. The number of rotatable bonds is 3. The van der Waals surface area contributed by atoms with Crippen LogP contribution in [0.2, 0.25) is 0 Å². The molecule has 6 nitrogen and oxygen atoms in total. The second kappa shape index (κ2) is 6.43. The summed E-state index contributed by atoms with van der Waals surface area (Å²) in [6.45, 7) is 3.56. The minimum atomic E-state index is -0.217. The van der Waals surface area contributed by atoms with E-state index >= 15 is 0 Å². The van der Waals surface area contributed by atoms with Crippen molar-refractivity contribution in [1.82, 2.24) is 15.3 Å². The number of pyridine rings is 2. The topological polar surface area (TPSA) is 70.2 Å². The molecule has 0 spiro atoms.